The van der Waals surface area contributed by atoms with E-state index in [0.717, 1.165) is 17.7 Å². The molecule has 0 aliphatic carbocycles. The first kappa shape index (κ1) is 19.2. The van der Waals surface area contributed by atoms with Crippen LogP contribution in [0.4, 0.5) is 5.69 Å². The first-order valence-corrected chi connectivity index (χ1v) is 11.5. The SMILES string of the molecule is C[C@@H]1Cc2ccccc2N1C(=O)C1CCN(S(=O)(=O)Cc2ccccc2)CC1. The van der Waals surface area contributed by atoms with Gasteiger partial charge >= 0.3 is 0 Å². The van der Waals surface area contributed by atoms with Crippen LogP contribution in [0, 0.1) is 5.92 Å². The Morgan fingerprint density at radius 1 is 1.00 bits per heavy atom. The van der Waals surface area contributed by atoms with Crippen molar-refractivity contribution >= 4 is 21.6 Å². The number of hydrogen-bond donors (Lipinski definition) is 0. The first-order valence-electron chi connectivity index (χ1n) is 9.88. The Morgan fingerprint density at radius 3 is 2.36 bits per heavy atom. The Kier molecular flexibility index (Phi) is 5.25. The van der Waals surface area contributed by atoms with Gasteiger partial charge in [0.05, 0.1) is 5.75 Å². The Bertz CT molecular complexity index is 951. The molecule has 1 saturated heterocycles. The number of para-hydroxylation sites is 1. The lowest BCUT2D eigenvalue weighted by atomic mass is 9.96. The Labute approximate surface area is 167 Å². The molecular weight excluding hydrogens is 372 g/mol. The number of amides is 1. The minimum Gasteiger partial charge on any atom is -0.309 e. The predicted octanol–water partition coefficient (Wildman–Crippen LogP) is 3.21. The summed E-state index contributed by atoms with van der Waals surface area (Å²) >= 11 is 0. The van der Waals surface area contributed by atoms with Gasteiger partial charge in [-0.15, -0.1) is 0 Å². The van der Waals surface area contributed by atoms with E-state index in [-0.39, 0.29) is 23.6 Å². The highest BCUT2D eigenvalue weighted by molar-refractivity contribution is 7.88. The molecule has 2 aromatic carbocycles. The second-order valence-electron chi connectivity index (χ2n) is 7.81. The van der Waals surface area contributed by atoms with Gasteiger partial charge in [-0.05, 0) is 43.4 Å². The van der Waals surface area contributed by atoms with Gasteiger partial charge < -0.3 is 4.90 Å². The van der Waals surface area contributed by atoms with E-state index < -0.39 is 10.0 Å². The molecule has 28 heavy (non-hydrogen) atoms. The summed E-state index contributed by atoms with van der Waals surface area (Å²) in [7, 11) is -3.36. The third kappa shape index (κ3) is 3.71. The van der Waals surface area contributed by atoms with E-state index >= 15 is 0 Å². The van der Waals surface area contributed by atoms with Crippen LogP contribution in [0.5, 0.6) is 0 Å². The standard InChI is InChI=1S/C22H26N2O3S/c1-17-15-20-9-5-6-10-21(20)24(17)22(25)19-11-13-23(14-12-19)28(26,27)16-18-7-3-2-4-8-18/h2-10,17,19H,11-16H2,1H3/t17-/m1/s1. The normalized spacial score (nSPS) is 20.9. The van der Waals surface area contributed by atoms with Crippen molar-refractivity contribution in [3.63, 3.8) is 0 Å². The van der Waals surface area contributed by atoms with E-state index in [1.54, 1.807) is 4.31 Å². The summed E-state index contributed by atoms with van der Waals surface area (Å²) in [5.74, 6) is 0.0394. The molecule has 0 spiro atoms. The average molecular weight is 399 g/mol. The van der Waals surface area contributed by atoms with Crippen molar-refractivity contribution in [2.24, 2.45) is 5.92 Å². The van der Waals surface area contributed by atoms with E-state index in [1.165, 1.54) is 5.56 Å². The molecule has 0 saturated carbocycles. The molecule has 0 radical (unpaired) electrons. The van der Waals surface area contributed by atoms with Gasteiger partial charge in [-0.1, -0.05) is 48.5 Å². The van der Waals surface area contributed by atoms with E-state index in [4.69, 9.17) is 0 Å². The quantitative estimate of drug-likeness (QED) is 0.795. The zero-order valence-electron chi connectivity index (χ0n) is 16.1. The molecule has 2 aliphatic heterocycles. The van der Waals surface area contributed by atoms with Gasteiger partial charge in [0, 0.05) is 30.7 Å². The van der Waals surface area contributed by atoms with Crippen molar-refractivity contribution in [2.75, 3.05) is 18.0 Å². The van der Waals surface area contributed by atoms with E-state index in [9.17, 15) is 13.2 Å². The molecule has 1 amide bonds. The molecule has 0 bridgehead atoms. The Morgan fingerprint density at radius 2 is 1.64 bits per heavy atom. The molecule has 1 fully saturated rings. The summed E-state index contributed by atoms with van der Waals surface area (Å²) in [6.07, 6.45) is 2.04. The minimum absolute atomic E-state index is 0.0169. The van der Waals surface area contributed by atoms with E-state index in [2.05, 4.69) is 13.0 Å². The van der Waals surface area contributed by atoms with Gasteiger partial charge in [-0.2, -0.15) is 0 Å². The lowest BCUT2D eigenvalue weighted by molar-refractivity contribution is -0.123. The third-order valence-corrected chi connectivity index (χ3v) is 7.68. The fourth-order valence-corrected chi connectivity index (χ4v) is 5.92. The number of carbonyl (C=O) groups excluding carboxylic acids is 1. The van der Waals surface area contributed by atoms with Gasteiger partial charge in [0.15, 0.2) is 0 Å². The molecule has 0 N–H and O–H groups in total. The van der Waals surface area contributed by atoms with Crippen LogP contribution < -0.4 is 4.90 Å². The van der Waals surface area contributed by atoms with Crippen LogP contribution in [-0.4, -0.2) is 37.8 Å². The minimum atomic E-state index is -3.36. The highest BCUT2D eigenvalue weighted by atomic mass is 32.2. The number of sulfonamides is 1. The van der Waals surface area contributed by atoms with Crippen LogP contribution in [0.2, 0.25) is 0 Å². The van der Waals surface area contributed by atoms with Crippen LogP contribution in [0.3, 0.4) is 0 Å². The van der Waals surface area contributed by atoms with E-state index in [0.29, 0.717) is 25.9 Å². The number of hydrogen-bond acceptors (Lipinski definition) is 3. The second-order valence-corrected chi connectivity index (χ2v) is 9.77. The van der Waals surface area contributed by atoms with Crippen molar-refractivity contribution in [1.29, 1.82) is 0 Å². The molecular formula is C22H26N2O3S. The second kappa shape index (κ2) is 7.68. The molecule has 2 aliphatic rings. The predicted molar refractivity (Wildman–Crippen MR) is 110 cm³/mol. The summed E-state index contributed by atoms with van der Waals surface area (Å²) < 4.78 is 27.0. The summed E-state index contributed by atoms with van der Waals surface area (Å²) in [6.45, 7) is 2.90. The highest BCUT2D eigenvalue weighted by Gasteiger charge is 2.37. The number of piperidine rings is 1. The van der Waals surface area contributed by atoms with Crippen LogP contribution in [-0.2, 0) is 27.0 Å². The molecule has 1 atom stereocenters. The third-order valence-electron chi connectivity index (χ3n) is 5.83. The monoisotopic (exact) mass is 398 g/mol. The van der Waals surface area contributed by atoms with Gasteiger partial charge in [0.25, 0.3) is 0 Å². The molecule has 4 rings (SSSR count). The Balaban J connectivity index is 1.41. The van der Waals surface area contributed by atoms with Crippen LogP contribution in [0.1, 0.15) is 30.9 Å². The zero-order valence-corrected chi connectivity index (χ0v) is 16.9. The summed E-state index contributed by atoms with van der Waals surface area (Å²) in [6, 6.07) is 17.5. The van der Waals surface area contributed by atoms with Gasteiger partial charge in [0.2, 0.25) is 15.9 Å². The lowest BCUT2D eigenvalue weighted by Crippen LogP contribution is -2.46. The molecule has 148 valence electrons. The maximum atomic E-state index is 13.2. The maximum absolute atomic E-state index is 13.2. The van der Waals surface area contributed by atoms with Crippen LogP contribution in [0.25, 0.3) is 0 Å². The topological polar surface area (TPSA) is 57.7 Å². The summed E-state index contributed by atoms with van der Waals surface area (Å²) in [5, 5.41) is 0. The van der Waals surface area contributed by atoms with Gasteiger partial charge in [-0.25, -0.2) is 12.7 Å². The van der Waals surface area contributed by atoms with Crippen LogP contribution >= 0.6 is 0 Å². The van der Waals surface area contributed by atoms with Crippen LogP contribution in [0.15, 0.2) is 54.6 Å². The lowest BCUT2D eigenvalue weighted by Gasteiger charge is -2.34. The molecule has 0 aromatic heterocycles. The molecule has 2 heterocycles. The van der Waals surface area contributed by atoms with E-state index in [1.807, 2.05) is 53.4 Å². The summed E-state index contributed by atoms with van der Waals surface area (Å²) in [4.78, 5) is 15.1. The van der Waals surface area contributed by atoms with Crippen molar-refractivity contribution < 1.29 is 13.2 Å². The fraction of sp³-hybridized carbons (Fsp3) is 0.409. The number of benzene rings is 2. The number of carbonyl (C=O) groups is 1. The molecule has 6 heteroatoms. The first-order chi connectivity index (χ1) is 13.5. The van der Waals surface area contributed by atoms with Gasteiger partial charge in [-0.3, -0.25) is 4.79 Å². The average Bonchev–Trinajstić information content (AvgIpc) is 3.03. The molecule has 0 unspecified atom stereocenters. The van der Waals surface area contributed by atoms with Crippen molar-refractivity contribution in [3.8, 4) is 0 Å². The fourth-order valence-electron chi connectivity index (χ4n) is 4.36. The Hall–Kier alpha value is -2.18. The number of anilines is 1. The van der Waals surface area contributed by atoms with Crippen molar-refractivity contribution in [3.05, 3.63) is 65.7 Å². The molecule has 2 aromatic rings. The number of nitrogens with zero attached hydrogens (tertiary/aromatic N) is 2. The summed E-state index contributed by atoms with van der Waals surface area (Å²) in [5.41, 5.74) is 3.02. The largest absolute Gasteiger partial charge is 0.309 e. The van der Waals surface area contributed by atoms with Crippen molar-refractivity contribution in [1.82, 2.24) is 4.31 Å². The maximum Gasteiger partial charge on any atom is 0.230 e. The number of rotatable bonds is 4. The van der Waals surface area contributed by atoms with Crippen molar-refractivity contribution in [2.45, 2.75) is 38.0 Å². The zero-order chi connectivity index (χ0) is 19.7. The van der Waals surface area contributed by atoms with Gasteiger partial charge in [0.1, 0.15) is 0 Å². The smallest absolute Gasteiger partial charge is 0.230 e. The number of fused-ring (bicyclic) bond motifs is 1. The molecule has 5 nitrogen and oxygen atoms in total. The highest BCUT2D eigenvalue weighted by Crippen LogP contribution is 2.34.